The third-order valence-corrected chi connectivity index (χ3v) is 7.71. The van der Waals surface area contributed by atoms with E-state index in [1.54, 1.807) is 30.6 Å². The third-order valence-electron chi connectivity index (χ3n) is 5.53. The molecule has 1 aliphatic rings. The highest BCUT2D eigenvalue weighted by Crippen LogP contribution is 2.48. The van der Waals surface area contributed by atoms with Crippen LogP contribution >= 0.6 is 23.7 Å². The Kier molecular flexibility index (Phi) is 7.60. The van der Waals surface area contributed by atoms with Gasteiger partial charge in [0.05, 0.1) is 19.5 Å². The summed E-state index contributed by atoms with van der Waals surface area (Å²) in [6.45, 7) is 3.77. The van der Waals surface area contributed by atoms with Crippen molar-refractivity contribution < 1.29 is 28.3 Å². The van der Waals surface area contributed by atoms with Gasteiger partial charge < -0.3 is 24.7 Å². The first-order chi connectivity index (χ1) is 16.7. The Morgan fingerprint density at radius 2 is 2.06 bits per heavy atom. The number of rotatable bonds is 11. The summed E-state index contributed by atoms with van der Waals surface area (Å²) < 4.78 is 32.9. The Balaban J connectivity index is 1.42. The van der Waals surface area contributed by atoms with Crippen molar-refractivity contribution in [2.75, 3.05) is 18.9 Å². The second-order valence-electron chi connectivity index (χ2n) is 8.16. The van der Waals surface area contributed by atoms with E-state index in [4.69, 9.17) is 19.5 Å². The Hall–Kier alpha value is -2.73. The van der Waals surface area contributed by atoms with Crippen LogP contribution in [0.15, 0.2) is 35.1 Å². The lowest BCUT2D eigenvalue weighted by atomic mass is 9.81. The Bertz CT molecular complexity index is 1250. The molecule has 2 heterocycles. The van der Waals surface area contributed by atoms with Crippen molar-refractivity contribution >= 4 is 46.8 Å². The SMILES string of the molecule is CCOc1nc(N)nc2c1ncn2[C@H]1C[C@@H](COP(=O)(N[C@@H](C)C(=O)O)Oc2ccc(Br)cc2)C1. The van der Waals surface area contributed by atoms with Crippen LogP contribution in [0.2, 0.25) is 0 Å². The van der Waals surface area contributed by atoms with Crippen molar-refractivity contribution in [2.45, 2.75) is 38.8 Å². The number of nitrogens with two attached hydrogens (primary N) is 1. The fourth-order valence-corrected chi connectivity index (χ4v) is 5.53. The van der Waals surface area contributed by atoms with Gasteiger partial charge in [-0.05, 0) is 56.9 Å². The minimum atomic E-state index is -3.96. The first-order valence-corrected chi connectivity index (χ1v) is 13.3. The summed E-state index contributed by atoms with van der Waals surface area (Å²) in [6, 6.07) is 5.63. The summed E-state index contributed by atoms with van der Waals surface area (Å²) in [5.41, 5.74) is 6.97. The number of nitrogens with zero attached hydrogens (tertiary/aromatic N) is 4. The fourth-order valence-electron chi connectivity index (χ4n) is 3.70. The van der Waals surface area contributed by atoms with Gasteiger partial charge in [-0.3, -0.25) is 9.32 Å². The van der Waals surface area contributed by atoms with Gasteiger partial charge in [0.2, 0.25) is 11.8 Å². The largest absolute Gasteiger partial charge is 0.480 e. The minimum Gasteiger partial charge on any atom is -0.480 e. The number of anilines is 1. The van der Waals surface area contributed by atoms with E-state index in [9.17, 15) is 14.5 Å². The van der Waals surface area contributed by atoms with E-state index < -0.39 is 19.8 Å². The molecule has 188 valence electrons. The summed E-state index contributed by atoms with van der Waals surface area (Å²) in [5, 5.41) is 11.7. The lowest BCUT2D eigenvalue weighted by Gasteiger charge is -2.36. The van der Waals surface area contributed by atoms with Gasteiger partial charge in [0, 0.05) is 10.5 Å². The van der Waals surface area contributed by atoms with Crippen molar-refractivity contribution in [3.05, 3.63) is 35.1 Å². The van der Waals surface area contributed by atoms with Crippen LogP contribution in [0.1, 0.15) is 32.7 Å². The number of hydrogen-bond acceptors (Lipinski definition) is 9. The maximum absolute atomic E-state index is 13.4. The molecule has 4 rings (SSSR count). The highest BCUT2D eigenvalue weighted by atomic mass is 79.9. The van der Waals surface area contributed by atoms with Gasteiger partial charge in [0.1, 0.15) is 11.8 Å². The molecule has 3 aromatic rings. The molecule has 14 heteroatoms. The van der Waals surface area contributed by atoms with Crippen molar-refractivity contribution in [3.8, 4) is 11.6 Å². The van der Waals surface area contributed by atoms with Crippen molar-refractivity contribution in [3.63, 3.8) is 0 Å². The minimum absolute atomic E-state index is 0.0757. The van der Waals surface area contributed by atoms with Crippen LogP contribution in [0, 0.1) is 5.92 Å². The first-order valence-electron chi connectivity index (χ1n) is 11.0. The molecule has 12 nitrogen and oxygen atoms in total. The van der Waals surface area contributed by atoms with E-state index in [0.29, 0.717) is 42.2 Å². The summed E-state index contributed by atoms with van der Waals surface area (Å²) in [4.78, 5) is 24.1. The molecule has 0 aliphatic heterocycles. The average Bonchev–Trinajstić information content (AvgIpc) is 3.18. The molecule has 0 radical (unpaired) electrons. The van der Waals surface area contributed by atoms with Crippen LogP contribution in [0.25, 0.3) is 11.2 Å². The first kappa shape index (κ1) is 25.4. The molecule has 2 atom stereocenters. The molecule has 1 aliphatic carbocycles. The number of hydrogen-bond donors (Lipinski definition) is 3. The number of nitrogens with one attached hydrogen (secondary N) is 1. The topological polar surface area (TPSA) is 164 Å². The van der Waals surface area contributed by atoms with Crippen molar-refractivity contribution in [1.82, 2.24) is 24.6 Å². The number of fused-ring (bicyclic) bond motifs is 1. The summed E-state index contributed by atoms with van der Waals surface area (Å²) in [7, 11) is -3.96. The maximum atomic E-state index is 13.4. The van der Waals surface area contributed by atoms with E-state index in [1.807, 2.05) is 11.5 Å². The molecule has 0 spiro atoms. The average molecular weight is 569 g/mol. The van der Waals surface area contributed by atoms with Crippen molar-refractivity contribution in [1.29, 1.82) is 0 Å². The molecular formula is C21H26BrN6O6P. The lowest BCUT2D eigenvalue weighted by molar-refractivity contribution is -0.138. The zero-order chi connectivity index (χ0) is 25.2. The van der Waals surface area contributed by atoms with Crippen LogP contribution in [0.4, 0.5) is 5.95 Å². The predicted octanol–water partition coefficient (Wildman–Crippen LogP) is 3.79. The van der Waals surface area contributed by atoms with E-state index in [1.165, 1.54) is 6.92 Å². The van der Waals surface area contributed by atoms with Crippen molar-refractivity contribution in [2.24, 2.45) is 5.92 Å². The summed E-state index contributed by atoms with van der Waals surface area (Å²) in [5.74, 6) is -0.354. The standard InChI is InChI=1S/C21H26BrN6O6P/c1-3-32-19-17-18(25-21(23)26-19)28(11-24-17)15-8-13(9-15)10-33-35(31,27-12(2)20(29)30)34-16-6-4-14(22)5-7-16/h4-7,11-13,15H,3,8-10H2,1-2H3,(H,27,31)(H,29,30)(H2,23,25,26)/t12-,13-,15+,35?/m0/s1. The number of ether oxygens (including phenoxy) is 1. The van der Waals surface area contributed by atoms with Gasteiger partial charge in [-0.2, -0.15) is 15.1 Å². The number of nitrogen functional groups attached to an aromatic ring is 1. The van der Waals surface area contributed by atoms with Crippen LogP contribution in [0.3, 0.4) is 0 Å². The molecule has 4 N–H and O–H groups in total. The number of benzene rings is 1. The molecule has 1 unspecified atom stereocenters. The molecular weight excluding hydrogens is 543 g/mol. The number of imidazole rings is 1. The molecule has 2 aromatic heterocycles. The zero-order valence-corrected chi connectivity index (χ0v) is 21.6. The number of aromatic nitrogens is 4. The summed E-state index contributed by atoms with van der Waals surface area (Å²) in [6.07, 6.45) is 3.11. The monoisotopic (exact) mass is 568 g/mol. The lowest BCUT2D eigenvalue weighted by Crippen LogP contribution is -2.35. The van der Waals surface area contributed by atoms with E-state index in [-0.39, 0.29) is 24.5 Å². The van der Waals surface area contributed by atoms with Crippen LogP contribution in [-0.4, -0.2) is 49.9 Å². The molecule has 1 fully saturated rings. The van der Waals surface area contributed by atoms with Crippen LogP contribution in [-0.2, 0) is 13.9 Å². The Morgan fingerprint density at radius 3 is 2.71 bits per heavy atom. The fraction of sp³-hybridized carbons (Fsp3) is 0.429. The van der Waals surface area contributed by atoms with Gasteiger partial charge in [-0.25, -0.2) is 9.55 Å². The van der Waals surface area contributed by atoms with E-state index in [0.717, 1.165) is 4.47 Å². The van der Waals surface area contributed by atoms with Crippen LogP contribution in [0.5, 0.6) is 11.6 Å². The quantitative estimate of drug-likeness (QED) is 0.288. The number of carbonyl (C=O) groups is 1. The zero-order valence-electron chi connectivity index (χ0n) is 19.1. The van der Waals surface area contributed by atoms with Gasteiger partial charge in [0.25, 0.3) is 0 Å². The maximum Gasteiger partial charge on any atom is 0.459 e. The second-order valence-corrected chi connectivity index (χ2v) is 10.8. The Labute approximate surface area is 209 Å². The number of carboxylic acid groups (broad SMARTS) is 1. The molecule has 0 bridgehead atoms. The molecule has 1 saturated carbocycles. The van der Waals surface area contributed by atoms with Gasteiger partial charge in [-0.15, -0.1) is 0 Å². The molecule has 35 heavy (non-hydrogen) atoms. The van der Waals surface area contributed by atoms with E-state index in [2.05, 4.69) is 36.0 Å². The predicted molar refractivity (Wildman–Crippen MR) is 131 cm³/mol. The third kappa shape index (κ3) is 5.92. The number of aliphatic carboxylic acids is 1. The highest BCUT2D eigenvalue weighted by molar-refractivity contribution is 9.10. The van der Waals surface area contributed by atoms with Gasteiger partial charge in [-0.1, -0.05) is 15.9 Å². The van der Waals surface area contributed by atoms with E-state index >= 15 is 0 Å². The second kappa shape index (κ2) is 10.5. The Morgan fingerprint density at radius 1 is 1.34 bits per heavy atom. The molecule has 0 saturated heterocycles. The normalized spacial score (nSPS) is 20.1. The number of carboxylic acids is 1. The smallest absolute Gasteiger partial charge is 0.459 e. The summed E-state index contributed by atoms with van der Waals surface area (Å²) >= 11 is 3.33. The highest BCUT2D eigenvalue weighted by Gasteiger charge is 2.37. The van der Waals surface area contributed by atoms with Crippen LogP contribution < -0.4 is 20.1 Å². The number of halogens is 1. The molecule has 0 amide bonds. The molecule has 1 aromatic carbocycles. The van der Waals surface area contributed by atoms with Gasteiger partial charge >= 0.3 is 13.7 Å². The van der Waals surface area contributed by atoms with Gasteiger partial charge in [0.15, 0.2) is 11.2 Å².